The second-order valence-electron chi connectivity index (χ2n) is 7.06. The SMILES string of the molecule is COC(=O)c1cc(-c2noc(-c3cccc(S(C)(=O)=O)c3)n2)n(-c2ccccc2C(F)(F)F)n1. The first-order valence-electron chi connectivity index (χ1n) is 9.48. The van der Waals surface area contributed by atoms with Crippen molar-refractivity contribution in [1.82, 2.24) is 19.9 Å². The molecule has 0 N–H and O–H groups in total. The van der Waals surface area contributed by atoms with Gasteiger partial charge in [-0.3, -0.25) is 0 Å². The first kappa shape index (κ1) is 23.2. The van der Waals surface area contributed by atoms with E-state index in [0.717, 1.165) is 24.1 Å². The quantitative estimate of drug-likeness (QED) is 0.386. The van der Waals surface area contributed by atoms with Crippen LogP contribution in [0, 0.1) is 0 Å². The molecule has 0 saturated heterocycles. The summed E-state index contributed by atoms with van der Waals surface area (Å²) in [6, 6.07) is 11.5. The molecule has 0 amide bonds. The Hall–Kier alpha value is -4.00. The van der Waals surface area contributed by atoms with Crippen LogP contribution in [-0.2, 0) is 20.8 Å². The van der Waals surface area contributed by atoms with Gasteiger partial charge in [-0.2, -0.15) is 23.3 Å². The largest absolute Gasteiger partial charge is 0.464 e. The number of carbonyl (C=O) groups excluding carboxylic acids is 1. The lowest BCUT2D eigenvalue weighted by Gasteiger charge is -2.13. The van der Waals surface area contributed by atoms with Crippen molar-refractivity contribution in [2.75, 3.05) is 13.4 Å². The summed E-state index contributed by atoms with van der Waals surface area (Å²) in [5, 5.41) is 7.77. The van der Waals surface area contributed by atoms with Gasteiger partial charge in [-0.1, -0.05) is 23.4 Å². The van der Waals surface area contributed by atoms with Crippen molar-refractivity contribution in [3.8, 4) is 28.7 Å². The zero-order valence-corrected chi connectivity index (χ0v) is 18.4. The van der Waals surface area contributed by atoms with Gasteiger partial charge in [0.05, 0.1) is 23.3 Å². The minimum atomic E-state index is -4.71. The number of halogens is 3. The van der Waals surface area contributed by atoms with Crippen LogP contribution < -0.4 is 0 Å². The Morgan fingerprint density at radius 2 is 1.82 bits per heavy atom. The molecule has 0 aliphatic carbocycles. The van der Waals surface area contributed by atoms with Crippen molar-refractivity contribution in [3.63, 3.8) is 0 Å². The Bertz CT molecular complexity index is 1490. The molecule has 13 heteroatoms. The van der Waals surface area contributed by atoms with Crippen LogP contribution in [0.2, 0.25) is 0 Å². The molecule has 4 rings (SSSR count). The van der Waals surface area contributed by atoms with Crippen molar-refractivity contribution in [2.45, 2.75) is 11.1 Å². The van der Waals surface area contributed by atoms with Gasteiger partial charge in [-0.15, -0.1) is 0 Å². The Kier molecular flexibility index (Phi) is 5.73. The number of rotatable bonds is 5. The predicted octanol–water partition coefficient (Wildman–Crippen LogP) is 3.80. The summed E-state index contributed by atoms with van der Waals surface area (Å²) in [7, 11) is -2.41. The molecule has 176 valence electrons. The van der Waals surface area contributed by atoms with Gasteiger partial charge in [0.1, 0.15) is 5.69 Å². The number of nitrogens with zero attached hydrogens (tertiary/aromatic N) is 4. The van der Waals surface area contributed by atoms with Crippen LogP contribution in [0.15, 0.2) is 64.0 Å². The first-order valence-corrected chi connectivity index (χ1v) is 11.4. The maximum Gasteiger partial charge on any atom is 0.418 e. The molecule has 0 aliphatic rings. The molecule has 2 heterocycles. The first-order chi connectivity index (χ1) is 16.0. The molecule has 0 unspecified atom stereocenters. The number of hydrogen-bond donors (Lipinski definition) is 0. The summed E-state index contributed by atoms with van der Waals surface area (Å²) in [4.78, 5) is 16.2. The van der Waals surface area contributed by atoms with Crippen LogP contribution in [-0.4, -0.2) is 47.7 Å². The summed E-state index contributed by atoms with van der Waals surface area (Å²) < 4.78 is 75.3. The standard InChI is InChI=1S/C21H15F3N4O5S/c1-32-20(29)15-11-17(28(26-15)16-9-4-3-8-14(16)21(22,23)24)18-25-19(33-27-18)12-6-5-7-13(10-12)34(2,30)31/h3-11H,1-2H3. The zero-order valence-electron chi connectivity index (χ0n) is 17.6. The number of sulfone groups is 1. The van der Waals surface area contributed by atoms with Crippen LogP contribution >= 0.6 is 0 Å². The van der Waals surface area contributed by atoms with Crippen LogP contribution in [0.25, 0.3) is 28.7 Å². The number of para-hydroxylation sites is 1. The van der Waals surface area contributed by atoms with Crippen molar-refractivity contribution in [3.05, 3.63) is 65.9 Å². The summed E-state index contributed by atoms with van der Waals surface area (Å²) in [5.74, 6) is -1.15. The fourth-order valence-electron chi connectivity index (χ4n) is 3.13. The van der Waals surface area contributed by atoms with Gasteiger partial charge >= 0.3 is 12.1 Å². The lowest BCUT2D eigenvalue weighted by atomic mass is 10.1. The molecule has 2 aromatic carbocycles. The second kappa shape index (κ2) is 8.41. The maximum absolute atomic E-state index is 13.6. The zero-order chi connectivity index (χ0) is 24.7. The highest BCUT2D eigenvalue weighted by molar-refractivity contribution is 7.90. The number of carbonyl (C=O) groups is 1. The van der Waals surface area contributed by atoms with Crippen molar-refractivity contribution in [1.29, 1.82) is 0 Å². The Morgan fingerprint density at radius 1 is 1.09 bits per heavy atom. The molecule has 0 radical (unpaired) electrons. The van der Waals surface area contributed by atoms with E-state index in [1.54, 1.807) is 0 Å². The van der Waals surface area contributed by atoms with Gasteiger partial charge < -0.3 is 9.26 Å². The Labute approximate surface area is 190 Å². The summed E-state index contributed by atoms with van der Waals surface area (Å²) in [6.45, 7) is 0. The molecule has 4 aromatic rings. The molecule has 0 spiro atoms. The fourth-order valence-corrected chi connectivity index (χ4v) is 3.80. The third-order valence-electron chi connectivity index (χ3n) is 4.71. The number of benzene rings is 2. The topological polar surface area (TPSA) is 117 Å². The van der Waals surface area contributed by atoms with Crippen LogP contribution in [0.5, 0.6) is 0 Å². The maximum atomic E-state index is 13.6. The van der Waals surface area contributed by atoms with Crippen LogP contribution in [0.4, 0.5) is 13.2 Å². The number of alkyl halides is 3. The van der Waals surface area contributed by atoms with E-state index in [1.807, 2.05) is 0 Å². The number of hydrogen-bond acceptors (Lipinski definition) is 8. The molecule has 2 aromatic heterocycles. The average Bonchev–Trinajstić information content (AvgIpc) is 3.45. The molecule has 0 fully saturated rings. The fraction of sp³-hybridized carbons (Fsp3) is 0.143. The van der Waals surface area contributed by atoms with E-state index in [9.17, 15) is 26.4 Å². The van der Waals surface area contributed by atoms with Gasteiger partial charge in [-0.25, -0.2) is 17.9 Å². The number of esters is 1. The lowest BCUT2D eigenvalue weighted by Crippen LogP contribution is -2.13. The molecule has 0 saturated carbocycles. The number of aromatic nitrogens is 4. The third-order valence-corrected chi connectivity index (χ3v) is 5.82. The van der Waals surface area contributed by atoms with Crippen molar-refractivity contribution >= 4 is 15.8 Å². The summed E-state index contributed by atoms with van der Waals surface area (Å²) in [5.41, 5.74) is -1.45. The second-order valence-corrected chi connectivity index (χ2v) is 9.07. The van der Waals surface area contributed by atoms with Crippen LogP contribution in [0.3, 0.4) is 0 Å². The van der Waals surface area contributed by atoms with Crippen molar-refractivity contribution < 1.29 is 35.6 Å². The lowest BCUT2D eigenvalue weighted by molar-refractivity contribution is -0.137. The highest BCUT2D eigenvalue weighted by atomic mass is 32.2. The average molecular weight is 492 g/mol. The minimum Gasteiger partial charge on any atom is -0.464 e. The Morgan fingerprint density at radius 3 is 2.50 bits per heavy atom. The predicted molar refractivity (Wildman–Crippen MR) is 112 cm³/mol. The highest BCUT2D eigenvalue weighted by Crippen LogP contribution is 2.35. The van der Waals surface area contributed by atoms with Gasteiger partial charge in [0, 0.05) is 17.9 Å². The third kappa shape index (κ3) is 4.41. The van der Waals surface area contributed by atoms with E-state index in [0.29, 0.717) is 0 Å². The van der Waals surface area contributed by atoms with E-state index < -0.39 is 27.5 Å². The van der Waals surface area contributed by atoms with E-state index in [2.05, 4.69) is 20.0 Å². The van der Waals surface area contributed by atoms with E-state index in [-0.39, 0.29) is 39.2 Å². The van der Waals surface area contributed by atoms with Gasteiger partial charge in [0.2, 0.25) is 5.82 Å². The van der Waals surface area contributed by atoms with Gasteiger partial charge in [-0.05, 0) is 30.3 Å². The molecule has 34 heavy (non-hydrogen) atoms. The van der Waals surface area contributed by atoms with Crippen molar-refractivity contribution in [2.24, 2.45) is 0 Å². The minimum absolute atomic E-state index is 0.0156. The van der Waals surface area contributed by atoms with E-state index >= 15 is 0 Å². The summed E-state index contributed by atoms with van der Waals surface area (Å²) in [6.07, 6.45) is -3.67. The number of methoxy groups -OCH3 is 1. The molecule has 0 aliphatic heterocycles. The molecular formula is C21H15F3N4O5S. The van der Waals surface area contributed by atoms with Gasteiger partial charge in [0.25, 0.3) is 5.89 Å². The van der Waals surface area contributed by atoms with Gasteiger partial charge in [0.15, 0.2) is 15.5 Å². The highest BCUT2D eigenvalue weighted by Gasteiger charge is 2.35. The van der Waals surface area contributed by atoms with Crippen LogP contribution in [0.1, 0.15) is 16.1 Å². The molecule has 0 atom stereocenters. The summed E-state index contributed by atoms with van der Waals surface area (Å²) >= 11 is 0. The number of ether oxygens (including phenoxy) is 1. The monoisotopic (exact) mass is 492 g/mol. The van der Waals surface area contributed by atoms with E-state index in [1.165, 1.54) is 48.5 Å². The Balaban J connectivity index is 1.87. The smallest absolute Gasteiger partial charge is 0.418 e. The van der Waals surface area contributed by atoms with E-state index in [4.69, 9.17) is 4.52 Å². The normalized spacial score (nSPS) is 12.0. The molecular weight excluding hydrogens is 477 g/mol. The molecule has 9 nitrogen and oxygen atoms in total. The molecule has 0 bridgehead atoms.